The first-order chi connectivity index (χ1) is 14.9. The van der Waals surface area contributed by atoms with Crippen molar-refractivity contribution in [3.8, 4) is 11.8 Å². The third-order valence-electron chi connectivity index (χ3n) is 5.68. The number of aliphatic hydroxyl groups is 4. The molecule has 0 aliphatic carbocycles. The van der Waals surface area contributed by atoms with Gasteiger partial charge in [-0.1, -0.05) is 31.2 Å². The first-order valence-corrected chi connectivity index (χ1v) is 10.5. The SMILES string of the molecule is CCOc1cc(C#N)c(Cc2ccc(CC)cc2)cc1[C@@H]1O[C@H](CO)[C@@H](O)[C@H](O)[C@H]1O. The van der Waals surface area contributed by atoms with Crippen molar-refractivity contribution in [2.75, 3.05) is 13.2 Å². The Balaban J connectivity index is 2.03. The molecule has 166 valence electrons. The van der Waals surface area contributed by atoms with Crippen LogP contribution >= 0.6 is 0 Å². The number of rotatable bonds is 7. The molecule has 1 saturated heterocycles. The van der Waals surface area contributed by atoms with E-state index in [0.29, 0.717) is 29.9 Å². The number of hydrogen-bond acceptors (Lipinski definition) is 7. The lowest BCUT2D eigenvalue weighted by molar-refractivity contribution is -0.232. The lowest BCUT2D eigenvalue weighted by Gasteiger charge is -2.40. The number of aryl methyl sites for hydroxylation is 1. The number of benzene rings is 2. The van der Waals surface area contributed by atoms with Crippen LogP contribution in [0.5, 0.6) is 5.75 Å². The molecular weight excluding hydrogens is 398 g/mol. The Morgan fingerprint density at radius 2 is 1.68 bits per heavy atom. The lowest BCUT2D eigenvalue weighted by atomic mass is 9.88. The van der Waals surface area contributed by atoms with Gasteiger partial charge < -0.3 is 29.9 Å². The Morgan fingerprint density at radius 1 is 1.00 bits per heavy atom. The fourth-order valence-electron chi connectivity index (χ4n) is 3.87. The third-order valence-corrected chi connectivity index (χ3v) is 5.68. The molecular formula is C24H29NO6. The average molecular weight is 427 g/mol. The van der Waals surface area contributed by atoms with Crippen LogP contribution < -0.4 is 4.74 Å². The van der Waals surface area contributed by atoms with Gasteiger partial charge in [0.1, 0.15) is 36.3 Å². The number of nitrogens with zero attached hydrogens (tertiary/aromatic N) is 1. The van der Waals surface area contributed by atoms with Gasteiger partial charge in [0, 0.05) is 5.56 Å². The standard InChI is InChI=1S/C24H29NO6/c1-3-14-5-7-15(8-6-14)9-16-10-18(19(30-4-2)11-17(16)12-25)24-23(29)22(28)21(27)20(13-26)31-24/h5-8,10-11,20-24,26-29H,3-4,9,13H2,1-2H3/t20-,21-,22+,23-,24+/m1/s1. The van der Waals surface area contributed by atoms with E-state index in [1.807, 2.05) is 12.1 Å². The summed E-state index contributed by atoms with van der Waals surface area (Å²) in [5.41, 5.74) is 3.87. The number of hydrogen-bond donors (Lipinski definition) is 4. The van der Waals surface area contributed by atoms with Crippen molar-refractivity contribution >= 4 is 0 Å². The summed E-state index contributed by atoms with van der Waals surface area (Å²) in [4.78, 5) is 0. The van der Waals surface area contributed by atoms with Gasteiger partial charge in [-0.15, -0.1) is 0 Å². The minimum absolute atomic E-state index is 0.327. The van der Waals surface area contributed by atoms with E-state index in [9.17, 15) is 25.7 Å². The molecule has 0 bridgehead atoms. The fraction of sp³-hybridized carbons (Fsp3) is 0.458. The lowest BCUT2D eigenvalue weighted by Crippen LogP contribution is -2.55. The van der Waals surface area contributed by atoms with Crippen LogP contribution in [0, 0.1) is 11.3 Å². The zero-order valence-electron chi connectivity index (χ0n) is 17.7. The molecule has 0 unspecified atom stereocenters. The van der Waals surface area contributed by atoms with Crippen molar-refractivity contribution in [2.24, 2.45) is 0 Å². The molecule has 7 nitrogen and oxygen atoms in total. The smallest absolute Gasteiger partial charge is 0.126 e. The predicted octanol–water partition coefficient (Wildman–Crippen LogP) is 1.63. The maximum absolute atomic E-state index is 10.6. The summed E-state index contributed by atoms with van der Waals surface area (Å²) in [6.45, 7) is 3.69. The Morgan fingerprint density at radius 3 is 2.26 bits per heavy atom. The number of aliphatic hydroxyl groups excluding tert-OH is 4. The van der Waals surface area contributed by atoms with Crippen molar-refractivity contribution in [3.63, 3.8) is 0 Å². The van der Waals surface area contributed by atoms with Crippen LogP contribution in [0.4, 0.5) is 0 Å². The van der Waals surface area contributed by atoms with E-state index in [4.69, 9.17) is 9.47 Å². The van der Waals surface area contributed by atoms with Crippen molar-refractivity contribution in [3.05, 3.63) is 64.2 Å². The summed E-state index contributed by atoms with van der Waals surface area (Å²) in [5, 5.41) is 50.1. The van der Waals surface area contributed by atoms with Gasteiger partial charge >= 0.3 is 0 Å². The predicted molar refractivity (Wildman–Crippen MR) is 114 cm³/mol. The van der Waals surface area contributed by atoms with Gasteiger partial charge in [0.2, 0.25) is 0 Å². The van der Waals surface area contributed by atoms with E-state index >= 15 is 0 Å². The largest absolute Gasteiger partial charge is 0.493 e. The van der Waals surface area contributed by atoms with Gasteiger partial charge in [0.05, 0.1) is 24.8 Å². The molecule has 1 aliphatic heterocycles. The maximum Gasteiger partial charge on any atom is 0.126 e. The molecule has 4 N–H and O–H groups in total. The van der Waals surface area contributed by atoms with Crippen LogP contribution in [0.25, 0.3) is 0 Å². The number of nitriles is 1. The second-order valence-corrected chi connectivity index (χ2v) is 7.69. The summed E-state index contributed by atoms with van der Waals surface area (Å²) in [7, 11) is 0. The molecule has 1 aliphatic rings. The van der Waals surface area contributed by atoms with Crippen LogP contribution in [-0.2, 0) is 17.6 Å². The first kappa shape index (κ1) is 23.2. The Hall–Kier alpha value is -2.47. The zero-order valence-corrected chi connectivity index (χ0v) is 17.7. The molecule has 7 heteroatoms. The minimum Gasteiger partial charge on any atom is -0.493 e. The second kappa shape index (κ2) is 10.2. The molecule has 1 fully saturated rings. The van der Waals surface area contributed by atoms with Gasteiger partial charge in [-0.3, -0.25) is 0 Å². The fourth-order valence-corrected chi connectivity index (χ4v) is 3.87. The molecule has 2 aromatic carbocycles. The molecule has 3 rings (SSSR count). The van der Waals surface area contributed by atoms with Crippen molar-refractivity contribution < 1.29 is 29.9 Å². The van der Waals surface area contributed by atoms with Gasteiger partial charge in [0.25, 0.3) is 0 Å². The molecule has 31 heavy (non-hydrogen) atoms. The summed E-state index contributed by atoms with van der Waals surface area (Å²) in [5.74, 6) is 0.355. The Bertz CT molecular complexity index is 921. The van der Waals surface area contributed by atoms with Crippen LogP contribution in [0.15, 0.2) is 36.4 Å². The quantitative estimate of drug-likeness (QED) is 0.529. The van der Waals surface area contributed by atoms with Gasteiger partial charge in [-0.25, -0.2) is 0 Å². The Kier molecular flexibility index (Phi) is 7.65. The second-order valence-electron chi connectivity index (χ2n) is 7.69. The maximum atomic E-state index is 10.6. The molecule has 0 saturated carbocycles. The van der Waals surface area contributed by atoms with Crippen molar-refractivity contribution in [2.45, 2.75) is 57.2 Å². The highest BCUT2D eigenvalue weighted by molar-refractivity contribution is 5.51. The van der Waals surface area contributed by atoms with Crippen molar-refractivity contribution in [1.82, 2.24) is 0 Å². The monoisotopic (exact) mass is 427 g/mol. The van der Waals surface area contributed by atoms with E-state index in [-0.39, 0.29) is 0 Å². The summed E-state index contributed by atoms with van der Waals surface area (Å²) < 4.78 is 11.4. The molecule has 0 radical (unpaired) electrons. The highest BCUT2D eigenvalue weighted by Gasteiger charge is 2.45. The van der Waals surface area contributed by atoms with E-state index in [1.54, 1.807) is 19.1 Å². The topological polar surface area (TPSA) is 123 Å². The normalized spacial score (nSPS) is 25.8. The molecule has 1 heterocycles. The van der Waals surface area contributed by atoms with Crippen LogP contribution in [0.2, 0.25) is 0 Å². The van der Waals surface area contributed by atoms with Crippen LogP contribution in [-0.4, -0.2) is 58.1 Å². The molecule has 0 aromatic heterocycles. The van der Waals surface area contributed by atoms with Gasteiger partial charge in [-0.2, -0.15) is 5.26 Å². The highest BCUT2D eigenvalue weighted by Crippen LogP contribution is 2.39. The van der Waals surface area contributed by atoms with Crippen molar-refractivity contribution in [1.29, 1.82) is 5.26 Å². The van der Waals surface area contributed by atoms with Crippen LogP contribution in [0.1, 0.15) is 47.8 Å². The van der Waals surface area contributed by atoms with Crippen LogP contribution in [0.3, 0.4) is 0 Å². The summed E-state index contributed by atoms with van der Waals surface area (Å²) >= 11 is 0. The molecule has 0 spiro atoms. The minimum atomic E-state index is -1.49. The summed E-state index contributed by atoms with van der Waals surface area (Å²) in [6.07, 6.45) is -5.00. The van der Waals surface area contributed by atoms with E-state index in [2.05, 4.69) is 25.1 Å². The third kappa shape index (κ3) is 4.90. The van der Waals surface area contributed by atoms with E-state index in [0.717, 1.165) is 17.5 Å². The van der Waals surface area contributed by atoms with E-state index in [1.165, 1.54) is 5.56 Å². The number of ether oxygens (including phenoxy) is 2. The molecule has 2 aromatic rings. The van der Waals surface area contributed by atoms with Gasteiger partial charge in [0.15, 0.2) is 0 Å². The molecule has 5 atom stereocenters. The summed E-state index contributed by atoms with van der Waals surface area (Å²) in [6, 6.07) is 13.7. The van der Waals surface area contributed by atoms with E-state index < -0.39 is 37.1 Å². The molecule has 0 amide bonds. The average Bonchev–Trinajstić information content (AvgIpc) is 2.79. The highest BCUT2D eigenvalue weighted by atomic mass is 16.5. The Labute approximate surface area is 182 Å². The first-order valence-electron chi connectivity index (χ1n) is 10.5. The van der Waals surface area contributed by atoms with Gasteiger partial charge in [-0.05, 0) is 48.6 Å². The zero-order chi connectivity index (χ0) is 22.5.